The molecule has 0 aromatic carbocycles. The van der Waals surface area contributed by atoms with E-state index in [-0.39, 0.29) is 0 Å². The Hall–Kier alpha value is -0.800. The molecule has 1 N–H and O–H groups in total. The standard InChI is InChI=1S/C12H21NO2/c1-5-14-8-11-6-12(15-10(11)4)7-13-9(2)3/h6,9,13H,5,7-8H2,1-4H3. The summed E-state index contributed by atoms with van der Waals surface area (Å²) < 4.78 is 11.0. The van der Waals surface area contributed by atoms with Crippen LogP contribution in [0.5, 0.6) is 0 Å². The maximum Gasteiger partial charge on any atom is 0.118 e. The Kier molecular flexibility index (Phi) is 4.85. The molecule has 0 fully saturated rings. The van der Waals surface area contributed by atoms with Crippen LogP contribution >= 0.6 is 0 Å². The van der Waals surface area contributed by atoms with Crippen LogP contribution in [0.1, 0.15) is 37.9 Å². The van der Waals surface area contributed by atoms with E-state index in [2.05, 4.69) is 25.2 Å². The first-order valence-electron chi connectivity index (χ1n) is 5.52. The molecule has 1 aromatic heterocycles. The van der Waals surface area contributed by atoms with Crippen molar-refractivity contribution in [3.8, 4) is 0 Å². The van der Waals surface area contributed by atoms with E-state index in [0.717, 1.165) is 30.2 Å². The molecular formula is C12H21NO2. The third-order valence-corrected chi connectivity index (χ3v) is 2.22. The van der Waals surface area contributed by atoms with Crippen LogP contribution in [0.2, 0.25) is 0 Å². The van der Waals surface area contributed by atoms with Crippen molar-refractivity contribution < 1.29 is 9.15 Å². The Bertz CT molecular complexity index is 292. The number of aryl methyl sites for hydroxylation is 1. The number of hydrogen-bond donors (Lipinski definition) is 1. The van der Waals surface area contributed by atoms with Crippen molar-refractivity contribution in [2.45, 2.75) is 46.9 Å². The average Bonchev–Trinajstić information content (AvgIpc) is 2.53. The average molecular weight is 211 g/mol. The van der Waals surface area contributed by atoms with Gasteiger partial charge in [0.2, 0.25) is 0 Å². The van der Waals surface area contributed by atoms with Crippen molar-refractivity contribution in [1.29, 1.82) is 0 Å². The number of nitrogens with one attached hydrogen (secondary N) is 1. The van der Waals surface area contributed by atoms with Gasteiger partial charge in [0, 0.05) is 18.2 Å². The Balaban J connectivity index is 2.52. The normalized spacial score (nSPS) is 11.3. The van der Waals surface area contributed by atoms with E-state index in [1.807, 2.05) is 13.8 Å². The minimum Gasteiger partial charge on any atom is -0.465 e. The van der Waals surface area contributed by atoms with Gasteiger partial charge in [0.25, 0.3) is 0 Å². The van der Waals surface area contributed by atoms with Crippen molar-refractivity contribution >= 4 is 0 Å². The Morgan fingerprint density at radius 2 is 2.20 bits per heavy atom. The summed E-state index contributed by atoms with van der Waals surface area (Å²) in [6.07, 6.45) is 0. The minimum atomic E-state index is 0.478. The van der Waals surface area contributed by atoms with Gasteiger partial charge in [0.15, 0.2) is 0 Å². The SMILES string of the molecule is CCOCc1cc(CNC(C)C)oc1C. The Morgan fingerprint density at radius 3 is 2.80 bits per heavy atom. The predicted octanol–water partition coefficient (Wildman–Crippen LogP) is 2.62. The van der Waals surface area contributed by atoms with Crippen LogP contribution < -0.4 is 5.32 Å². The highest BCUT2D eigenvalue weighted by Crippen LogP contribution is 2.15. The molecule has 0 amide bonds. The van der Waals surface area contributed by atoms with Crippen LogP contribution in [0.4, 0.5) is 0 Å². The van der Waals surface area contributed by atoms with Crippen molar-refractivity contribution in [3.63, 3.8) is 0 Å². The smallest absolute Gasteiger partial charge is 0.118 e. The molecule has 0 unspecified atom stereocenters. The zero-order valence-corrected chi connectivity index (χ0v) is 10.1. The van der Waals surface area contributed by atoms with Gasteiger partial charge in [0.05, 0.1) is 13.2 Å². The molecule has 15 heavy (non-hydrogen) atoms. The summed E-state index contributed by atoms with van der Waals surface area (Å²) in [6.45, 7) is 10.4. The van der Waals surface area contributed by atoms with Gasteiger partial charge in [0.1, 0.15) is 11.5 Å². The molecule has 0 saturated carbocycles. The van der Waals surface area contributed by atoms with Crippen LogP contribution in [-0.4, -0.2) is 12.6 Å². The maximum absolute atomic E-state index is 5.62. The van der Waals surface area contributed by atoms with E-state index in [1.54, 1.807) is 0 Å². The molecule has 1 aromatic rings. The highest BCUT2D eigenvalue weighted by molar-refractivity contribution is 5.19. The van der Waals surface area contributed by atoms with Crippen molar-refractivity contribution in [2.75, 3.05) is 6.61 Å². The second-order valence-corrected chi connectivity index (χ2v) is 3.97. The molecule has 3 nitrogen and oxygen atoms in total. The first kappa shape index (κ1) is 12.3. The van der Waals surface area contributed by atoms with Crippen LogP contribution in [0, 0.1) is 6.92 Å². The molecule has 1 rings (SSSR count). The predicted molar refractivity (Wildman–Crippen MR) is 60.8 cm³/mol. The third-order valence-electron chi connectivity index (χ3n) is 2.22. The lowest BCUT2D eigenvalue weighted by Gasteiger charge is -2.04. The van der Waals surface area contributed by atoms with E-state index < -0.39 is 0 Å². The maximum atomic E-state index is 5.62. The van der Waals surface area contributed by atoms with Crippen molar-refractivity contribution in [1.82, 2.24) is 5.32 Å². The topological polar surface area (TPSA) is 34.4 Å². The van der Waals surface area contributed by atoms with Crippen molar-refractivity contribution in [3.05, 3.63) is 23.2 Å². The van der Waals surface area contributed by atoms with Gasteiger partial charge in [-0.25, -0.2) is 0 Å². The summed E-state index contributed by atoms with van der Waals surface area (Å²) in [5, 5.41) is 3.32. The lowest BCUT2D eigenvalue weighted by molar-refractivity contribution is 0.133. The summed E-state index contributed by atoms with van der Waals surface area (Å²) >= 11 is 0. The fourth-order valence-corrected chi connectivity index (χ4v) is 1.33. The van der Waals surface area contributed by atoms with Crippen LogP contribution in [0.3, 0.4) is 0 Å². The summed E-state index contributed by atoms with van der Waals surface area (Å²) in [5.41, 5.74) is 1.15. The summed E-state index contributed by atoms with van der Waals surface area (Å²) in [5.74, 6) is 1.94. The summed E-state index contributed by atoms with van der Waals surface area (Å²) in [7, 11) is 0. The van der Waals surface area contributed by atoms with Gasteiger partial charge in [-0.1, -0.05) is 13.8 Å². The second kappa shape index (κ2) is 5.93. The third kappa shape index (κ3) is 4.06. The van der Waals surface area contributed by atoms with Gasteiger partial charge in [-0.2, -0.15) is 0 Å². The fourth-order valence-electron chi connectivity index (χ4n) is 1.33. The van der Waals surface area contributed by atoms with Crippen molar-refractivity contribution in [2.24, 2.45) is 0 Å². The van der Waals surface area contributed by atoms with E-state index in [9.17, 15) is 0 Å². The van der Waals surface area contributed by atoms with Crippen LogP contribution in [0.15, 0.2) is 10.5 Å². The van der Waals surface area contributed by atoms with Gasteiger partial charge < -0.3 is 14.5 Å². The second-order valence-electron chi connectivity index (χ2n) is 3.97. The molecule has 0 spiro atoms. The molecule has 0 bridgehead atoms. The number of rotatable bonds is 6. The van der Waals surface area contributed by atoms with Gasteiger partial charge in [-0.05, 0) is 19.9 Å². The van der Waals surface area contributed by atoms with Gasteiger partial charge >= 0.3 is 0 Å². The van der Waals surface area contributed by atoms with E-state index in [0.29, 0.717) is 12.6 Å². The molecular weight excluding hydrogens is 190 g/mol. The number of hydrogen-bond acceptors (Lipinski definition) is 3. The molecule has 0 radical (unpaired) electrons. The lowest BCUT2D eigenvalue weighted by Crippen LogP contribution is -2.21. The minimum absolute atomic E-state index is 0.478. The summed E-state index contributed by atoms with van der Waals surface area (Å²) in [6, 6.07) is 2.55. The van der Waals surface area contributed by atoms with Crippen LogP contribution in [-0.2, 0) is 17.9 Å². The molecule has 0 atom stereocenters. The highest BCUT2D eigenvalue weighted by atomic mass is 16.5. The molecule has 0 aliphatic heterocycles. The molecule has 1 heterocycles. The molecule has 0 aliphatic carbocycles. The Morgan fingerprint density at radius 1 is 1.47 bits per heavy atom. The zero-order chi connectivity index (χ0) is 11.3. The van der Waals surface area contributed by atoms with Crippen LogP contribution in [0.25, 0.3) is 0 Å². The highest BCUT2D eigenvalue weighted by Gasteiger charge is 2.07. The largest absolute Gasteiger partial charge is 0.465 e. The fraction of sp³-hybridized carbons (Fsp3) is 0.667. The number of ether oxygens (including phenoxy) is 1. The monoisotopic (exact) mass is 211 g/mol. The van der Waals surface area contributed by atoms with Gasteiger partial charge in [-0.15, -0.1) is 0 Å². The van der Waals surface area contributed by atoms with E-state index >= 15 is 0 Å². The molecule has 0 aliphatic rings. The van der Waals surface area contributed by atoms with E-state index in [1.165, 1.54) is 0 Å². The molecule has 86 valence electrons. The first-order chi connectivity index (χ1) is 7.13. The van der Waals surface area contributed by atoms with E-state index in [4.69, 9.17) is 9.15 Å². The zero-order valence-electron chi connectivity index (χ0n) is 10.1. The number of furan rings is 1. The lowest BCUT2D eigenvalue weighted by atomic mass is 10.2. The quantitative estimate of drug-likeness (QED) is 0.785. The summed E-state index contributed by atoms with van der Waals surface area (Å²) in [4.78, 5) is 0. The first-order valence-corrected chi connectivity index (χ1v) is 5.52. The van der Waals surface area contributed by atoms with Gasteiger partial charge in [-0.3, -0.25) is 0 Å². The molecule has 0 saturated heterocycles. The Labute approximate surface area is 91.8 Å². The molecule has 3 heteroatoms.